The Labute approximate surface area is 203 Å². The van der Waals surface area contributed by atoms with Gasteiger partial charge in [-0.1, -0.05) is 58.0 Å². The van der Waals surface area contributed by atoms with Crippen LogP contribution in [-0.2, 0) is 15.6 Å². The lowest BCUT2D eigenvalue weighted by molar-refractivity contribution is -0.137. The number of fused-ring (bicyclic) bond motifs is 1. The molecule has 34 heavy (non-hydrogen) atoms. The van der Waals surface area contributed by atoms with Crippen LogP contribution in [0.15, 0.2) is 54.9 Å². The zero-order valence-corrected chi connectivity index (χ0v) is 21.3. The minimum absolute atomic E-state index is 0.0571. The van der Waals surface area contributed by atoms with E-state index in [-0.39, 0.29) is 35.4 Å². The first-order chi connectivity index (χ1) is 16.0. The van der Waals surface area contributed by atoms with Crippen LogP contribution >= 0.6 is 0 Å². The summed E-state index contributed by atoms with van der Waals surface area (Å²) in [4.78, 5) is 13.5. The molecule has 0 saturated heterocycles. The number of ether oxygens (including phenoxy) is 1. The summed E-state index contributed by atoms with van der Waals surface area (Å²) < 4.78 is 6.32. The SMILES string of the molecule is CC(Oc1ccc([C@H](CC(=O)O)C2NC=CN2C)cc1)c1ccc2c(c1)C(C)(C)CCC2(C)C. The first-order valence-corrected chi connectivity index (χ1v) is 12.3. The van der Waals surface area contributed by atoms with E-state index in [0.717, 1.165) is 11.3 Å². The third kappa shape index (κ3) is 4.79. The van der Waals surface area contributed by atoms with E-state index >= 15 is 0 Å². The van der Waals surface area contributed by atoms with Crippen LogP contribution in [0.4, 0.5) is 0 Å². The number of nitrogens with zero attached hydrogens (tertiary/aromatic N) is 1. The summed E-state index contributed by atoms with van der Waals surface area (Å²) in [6.45, 7) is 11.5. The zero-order chi connectivity index (χ0) is 24.7. The molecule has 0 saturated carbocycles. The highest BCUT2D eigenvalue weighted by Gasteiger charge is 2.37. The van der Waals surface area contributed by atoms with Crippen molar-refractivity contribution < 1.29 is 14.6 Å². The number of nitrogens with one attached hydrogen (secondary N) is 1. The third-order valence-electron chi connectivity index (χ3n) is 7.76. The first-order valence-electron chi connectivity index (χ1n) is 12.3. The van der Waals surface area contributed by atoms with Gasteiger partial charge in [0, 0.05) is 25.4 Å². The maximum atomic E-state index is 11.5. The van der Waals surface area contributed by atoms with Crippen molar-refractivity contribution >= 4 is 5.97 Å². The fourth-order valence-electron chi connectivity index (χ4n) is 5.39. The average Bonchev–Trinajstić information content (AvgIpc) is 3.21. The zero-order valence-electron chi connectivity index (χ0n) is 21.3. The molecule has 0 fully saturated rings. The van der Waals surface area contributed by atoms with Crippen LogP contribution in [0.3, 0.4) is 0 Å². The minimum Gasteiger partial charge on any atom is -0.486 e. The Kier molecular flexibility index (Phi) is 6.41. The van der Waals surface area contributed by atoms with Gasteiger partial charge in [0.1, 0.15) is 18.0 Å². The van der Waals surface area contributed by atoms with Gasteiger partial charge in [-0.2, -0.15) is 0 Å². The number of carboxylic acid groups (broad SMARTS) is 1. The molecule has 1 aliphatic heterocycles. The largest absolute Gasteiger partial charge is 0.486 e. The molecule has 3 atom stereocenters. The molecule has 1 aliphatic carbocycles. The maximum absolute atomic E-state index is 11.5. The quantitative estimate of drug-likeness (QED) is 0.523. The normalized spacial score (nSPS) is 21.9. The number of carboxylic acids is 1. The van der Waals surface area contributed by atoms with Crippen molar-refractivity contribution in [2.24, 2.45) is 0 Å². The molecular formula is C29H38N2O3. The second-order valence-corrected chi connectivity index (χ2v) is 11.2. The van der Waals surface area contributed by atoms with E-state index in [4.69, 9.17) is 4.74 Å². The van der Waals surface area contributed by atoms with Crippen LogP contribution < -0.4 is 10.1 Å². The van der Waals surface area contributed by atoms with E-state index in [1.807, 2.05) is 48.6 Å². The Hall–Kier alpha value is -2.95. The van der Waals surface area contributed by atoms with Crippen molar-refractivity contribution in [3.63, 3.8) is 0 Å². The molecule has 2 aromatic rings. The van der Waals surface area contributed by atoms with Gasteiger partial charge >= 0.3 is 5.97 Å². The van der Waals surface area contributed by atoms with E-state index in [1.165, 1.54) is 29.5 Å². The Morgan fingerprint density at radius 3 is 2.26 bits per heavy atom. The first kappa shape index (κ1) is 24.2. The van der Waals surface area contributed by atoms with Gasteiger partial charge in [-0.05, 0) is 65.0 Å². The van der Waals surface area contributed by atoms with E-state index in [9.17, 15) is 9.90 Å². The molecule has 4 rings (SSSR count). The van der Waals surface area contributed by atoms with Crippen LogP contribution in [0, 0.1) is 0 Å². The number of rotatable bonds is 7. The molecular weight excluding hydrogens is 424 g/mol. The average molecular weight is 463 g/mol. The van der Waals surface area contributed by atoms with Crippen molar-refractivity contribution in [3.8, 4) is 5.75 Å². The molecule has 2 N–H and O–H groups in total. The van der Waals surface area contributed by atoms with Gasteiger partial charge in [0.15, 0.2) is 0 Å². The number of carbonyl (C=O) groups is 1. The Balaban J connectivity index is 1.52. The van der Waals surface area contributed by atoms with Crippen LogP contribution in [0.5, 0.6) is 5.75 Å². The Morgan fingerprint density at radius 2 is 1.68 bits per heavy atom. The van der Waals surface area contributed by atoms with E-state index in [2.05, 4.69) is 58.1 Å². The number of hydrogen-bond donors (Lipinski definition) is 2. The number of hydrogen-bond acceptors (Lipinski definition) is 4. The molecule has 0 amide bonds. The summed E-state index contributed by atoms with van der Waals surface area (Å²) in [5, 5.41) is 12.7. The predicted molar refractivity (Wildman–Crippen MR) is 136 cm³/mol. The van der Waals surface area contributed by atoms with Gasteiger partial charge in [-0.3, -0.25) is 4.79 Å². The second-order valence-electron chi connectivity index (χ2n) is 11.2. The summed E-state index contributed by atoms with van der Waals surface area (Å²) in [5.74, 6) is -0.191. The molecule has 0 radical (unpaired) electrons. The number of benzene rings is 2. The topological polar surface area (TPSA) is 61.8 Å². The van der Waals surface area contributed by atoms with Crippen LogP contribution in [-0.4, -0.2) is 29.2 Å². The van der Waals surface area contributed by atoms with E-state index in [0.29, 0.717) is 0 Å². The number of likely N-dealkylation sites (N-methyl/N-ethyl adjacent to an activating group) is 1. The van der Waals surface area contributed by atoms with Crippen LogP contribution in [0.2, 0.25) is 0 Å². The highest BCUT2D eigenvalue weighted by atomic mass is 16.5. The summed E-state index contributed by atoms with van der Waals surface area (Å²) in [5.41, 5.74) is 5.41. The van der Waals surface area contributed by atoms with Gasteiger partial charge in [0.05, 0.1) is 6.42 Å². The van der Waals surface area contributed by atoms with E-state index in [1.54, 1.807) is 0 Å². The van der Waals surface area contributed by atoms with Gasteiger partial charge in [0.25, 0.3) is 0 Å². The monoisotopic (exact) mass is 462 g/mol. The molecule has 182 valence electrons. The van der Waals surface area contributed by atoms with Crippen molar-refractivity contribution in [1.29, 1.82) is 0 Å². The van der Waals surface area contributed by atoms with Gasteiger partial charge < -0.3 is 20.1 Å². The van der Waals surface area contributed by atoms with Crippen molar-refractivity contribution in [1.82, 2.24) is 10.2 Å². The standard InChI is InChI=1S/C29H38N2O3/c1-19(21-9-12-24-25(17-21)29(4,5)14-13-28(24,2)3)34-22-10-7-20(8-11-22)23(18-26(32)33)27-30-15-16-31(27)6/h7-12,15-17,19,23,27,30H,13-14,18H2,1-6H3,(H,32,33)/t19?,23-,27?/m0/s1. The van der Waals surface area contributed by atoms with Crippen LogP contribution in [0.25, 0.3) is 0 Å². The van der Waals surface area contributed by atoms with Gasteiger partial charge in [-0.15, -0.1) is 0 Å². The Bertz CT molecular complexity index is 1070. The lowest BCUT2D eigenvalue weighted by Gasteiger charge is -2.42. The molecule has 0 bridgehead atoms. The highest BCUT2D eigenvalue weighted by molar-refractivity contribution is 5.68. The maximum Gasteiger partial charge on any atom is 0.304 e. The fourth-order valence-corrected chi connectivity index (χ4v) is 5.39. The molecule has 2 aliphatic rings. The molecule has 5 nitrogen and oxygen atoms in total. The van der Waals surface area contributed by atoms with Gasteiger partial charge in [0.2, 0.25) is 0 Å². The summed E-state index contributed by atoms with van der Waals surface area (Å²) in [7, 11) is 1.95. The van der Waals surface area contributed by atoms with Crippen molar-refractivity contribution in [2.75, 3.05) is 7.05 Å². The summed E-state index contributed by atoms with van der Waals surface area (Å²) >= 11 is 0. The molecule has 5 heteroatoms. The summed E-state index contributed by atoms with van der Waals surface area (Å²) in [6, 6.07) is 14.7. The highest BCUT2D eigenvalue weighted by Crippen LogP contribution is 2.46. The van der Waals surface area contributed by atoms with Crippen molar-refractivity contribution in [2.45, 2.75) is 82.9 Å². The molecule has 2 unspecified atom stereocenters. The van der Waals surface area contributed by atoms with Gasteiger partial charge in [-0.25, -0.2) is 0 Å². The summed E-state index contributed by atoms with van der Waals surface area (Å²) in [6.07, 6.45) is 6.07. The minimum atomic E-state index is -0.806. The second kappa shape index (κ2) is 9.01. The lowest BCUT2D eigenvalue weighted by atomic mass is 9.63. The predicted octanol–water partition coefficient (Wildman–Crippen LogP) is 6.07. The van der Waals surface area contributed by atoms with Crippen molar-refractivity contribution in [3.05, 3.63) is 77.1 Å². The van der Waals surface area contributed by atoms with Crippen LogP contribution in [0.1, 0.15) is 88.2 Å². The lowest BCUT2D eigenvalue weighted by Crippen LogP contribution is -2.39. The Morgan fingerprint density at radius 1 is 1.06 bits per heavy atom. The fraction of sp³-hybridized carbons (Fsp3) is 0.483. The smallest absolute Gasteiger partial charge is 0.304 e. The molecule has 2 aromatic carbocycles. The molecule has 0 spiro atoms. The number of aliphatic carboxylic acids is 1. The molecule has 0 aromatic heterocycles. The third-order valence-corrected chi connectivity index (χ3v) is 7.76. The van der Waals surface area contributed by atoms with E-state index < -0.39 is 5.97 Å². The molecule has 1 heterocycles.